The highest BCUT2D eigenvalue weighted by Gasteiger charge is 2.34. The van der Waals surface area contributed by atoms with Gasteiger partial charge in [0.2, 0.25) is 0 Å². The van der Waals surface area contributed by atoms with Crippen molar-refractivity contribution in [3.05, 3.63) is 118 Å². The molecule has 5 rings (SSSR count). The Morgan fingerprint density at radius 1 is 0.620 bits per heavy atom. The number of hydrogen-bond acceptors (Lipinski definition) is 1. The minimum absolute atomic E-state index is 0.101. The summed E-state index contributed by atoms with van der Waals surface area (Å²) in [5.74, 6) is 1.65. The van der Waals surface area contributed by atoms with E-state index in [0.717, 1.165) is 17.8 Å². The highest BCUT2D eigenvalue weighted by Crippen LogP contribution is 2.44. The zero-order valence-corrected chi connectivity index (χ0v) is 33.8. The summed E-state index contributed by atoms with van der Waals surface area (Å²) >= 11 is 0. The number of benzene rings is 4. The fourth-order valence-electron chi connectivity index (χ4n) is 8.14. The zero-order chi connectivity index (χ0) is 36.9. The second-order valence-electron chi connectivity index (χ2n) is 18.4. The first kappa shape index (κ1) is 37.3. The van der Waals surface area contributed by atoms with Gasteiger partial charge in [0.15, 0.2) is 0 Å². The lowest BCUT2D eigenvalue weighted by atomic mass is 9.74. The van der Waals surface area contributed by atoms with E-state index in [1.54, 1.807) is 0 Å². The van der Waals surface area contributed by atoms with Crippen LogP contribution in [0.5, 0.6) is 0 Å². The quantitative estimate of drug-likeness (QED) is 0.161. The maximum absolute atomic E-state index is 5.36. The molecule has 264 valence electrons. The van der Waals surface area contributed by atoms with Crippen LogP contribution < -0.4 is 0 Å². The van der Waals surface area contributed by atoms with Gasteiger partial charge >= 0.3 is 0 Å². The van der Waals surface area contributed by atoms with E-state index in [4.69, 9.17) is 4.98 Å². The third-order valence-corrected chi connectivity index (χ3v) is 10.3. The Kier molecular flexibility index (Phi) is 10.2. The van der Waals surface area contributed by atoms with E-state index >= 15 is 0 Å². The van der Waals surface area contributed by atoms with Crippen LogP contribution >= 0.6 is 0 Å². The molecule has 0 saturated carbocycles. The molecular formula is C48H62N2. The monoisotopic (exact) mass is 666 g/mol. The van der Waals surface area contributed by atoms with Crippen molar-refractivity contribution in [1.82, 2.24) is 9.55 Å². The standard InChI is InChI=1S/C48H62N2/c1-30(2)39-26-37(35-19-17-16-18-20-35)27-40(31(3)4)44(39)50-42(48(14,15)29-46(8,9)10)28-49-45(50)36-22-21-32(5)41(25-36)43-33(6)23-38(24-34(43)7)47(11,12)13/h16-28,30-31H,29H2,1-15H3. The van der Waals surface area contributed by atoms with E-state index < -0.39 is 0 Å². The average Bonchev–Trinajstić information content (AvgIpc) is 3.46. The van der Waals surface area contributed by atoms with Crippen molar-refractivity contribution >= 4 is 0 Å². The topological polar surface area (TPSA) is 17.8 Å². The Morgan fingerprint density at radius 2 is 1.18 bits per heavy atom. The summed E-state index contributed by atoms with van der Waals surface area (Å²) in [5.41, 5.74) is 17.0. The third kappa shape index (κ3) is 7.56. The van der Waals surface area contributed by atoms with Crippen molar-refractivity contribution in [2.24, 2.45) is 5.41 Å². The molecule has 0 fully saturated rings. The molecule has 0 aliphatic rings. The van der Waals surface area contributed by atoms with Crippen molar-refractivity contribution in [2.75, 3.05) is 0 Å². The predicted octanol–water partition coefficient (Wildman–Crippen LogP) is 14.1. The highest BCUT2D eigenvalue weighted by atomic mass is 15.1. The van der Waals surface area contributed by atoms with Crippen LogP contribution in [0.1, 0.15) is 140 Å². The Balaban J connectivity index is 1.85. The number of rotatable bonds is 8. The largest absolute Gasteiger partial charge is 0.296 e. The summed E-state index contributed by atoms with van der Waals surface area (Å²) in [6, 6.07) is 27.5. The maximum Gasteiger partial charge on any atom is 0.144 e. The highest BCUT2D eigenvalue weighted by molar-refractivity contribution is 5.79. The normalized spacial score (nSPS) is 12.7. The summed E-state index contributed by atoms with van der Waals surface area (Å²) in [4.78, 5) is 5.36. The van der Waals surface area contributed by atoms with Crippen LogP contribution in [0, 0.1) is 26.2 Å². The Hall–Kier alpha value is -3.91. The predicted molar refractivity (Wildman–Crippen MR) is 218 cm³/mol. The van der Waals surface area contributed by atoms with Gasteiger partial charge in [0.1, 0.15) is 5.82 Å². The summed E-state index contributed by atoms with van der Waals surface area (Å²) < 4.78 is 2.56. The molecule has 2 heteroatoms. The number of imidazole rings is 1. The fraction of sp³-hybridized carbons (Fsp3) is 0.438. The molecule has 0 aliphatic heterocycles. The molecule has 5 aromatic rings. The van der Waals surface area contributed by atoms with Crippen molar-refractivity contribution < 1.29 is 0 Å². The lowest BCUT2D eigenvalue weighted by Gasteiger charge is -2.35. The minimum atomic E-state index is -0.117. The Labute approximate surface area is 304 Å². The molecule has 0 N–H and O–H groups in total. The van der Waals surface area contributed by atoms with Gasteiger partial charge < -0.3 is 0 Å². The van der Waals surface area contributed by atoms with Gasteiger partial charge in [-0.1, -0.05) is 138 Å². The lowest BCUT2D eigenvalue weighted by Crippen LogP contribution is -2.28. The maximum atomic E-state index is 5.36. The van der Waals surface area contributed by atoms with Gasteiger partial charge in [-0.15, -0.1) is 0 Å². The first-order valence-electron chi connectivity index (χ1n) is 18.7. The van der Waals surface area contributed by atoms with Crippen LogP contribution in [0.15, 0.2) is 79.0 Å². The van der Waals surface area contributed by atoms with Gasteiger partial charge in [-0.3, -0.25) is 4.57 Å². The first-order valence-corrected chi connectivity index (χ1v) is 18.7. The van der Waals surface area contributed by atoms with Gasteiger partial charge in [0.25, 0.3) is 0 Å². The van der Waals surface area contributed by atoms with E-state index in [9.17, 15) is 0 Å². The Bertz CT molecular complexity index is 1930. The fourth-order valence-corrected chi connectivity index (χ4v) is 8.14. The zero-order valence-electron chi connectivity index (χ0n) is 33.8. The molecule has 0 saturated heterocycles. The molecular weight excluding hydrogens is 605 g/mol. The first-order chi connectivity index (χ1) is 23.2. The van der Waals surface area contributed by atoms with Crippen LogP contribution in [0.2, 0.25) is 0 Å². The number of hydrogen-bond donors (Lipinski definition) is 0. The van der Waals surface area contributed by atoms with E-state index in [1.807, 2.05) is 0 Å². The molecule has 0 radical (unpaired) electrons. The van der Waals surface area contributed by atoms with Crippen LogP contribution in [0.4, 0.5) is 0 Å². The molecule has 1 heterocycles. The second kappa shape index (κ2) is 13.7. The van der Waals surface area contributed by atoms with Gasteiger partial charge in [0.05, 0.1) is 5.69 Å². The van der Waals surface area contributed by atoms with Crippen LogP contribution in [0.3, 0.4) is 0 Å². The molecule has 0 unspecified atom stereocenters. The van der Waals surface area contributed by atoms with Crippen LogP contribution in [-0.2, 0) is 10.8 Å². The number of aryl methyl sites for hydroxylation is 3. The molecule has 50 heavy (non-hydrogen) atoms. The Morgan fingerprint density at radius 3 is 1.68 bits per heavy atom. The van der Waals surface area contributed by atoms with Crippen molar-refractivity contribution in [3.8, 4) is 39.3 Å². The molecule has 0 amide bonds. The number of nitrogens with zero attached hydrogens (tertiary/aromatic N) is 2. The molecule has 0 spiro atoms. The summed E-state index contributed by atoms with van der Waals surface area (Å²) in [7, 11) is 0. The van der Waals surface area contributed by atoms with Crippen molar-refractivity contribution in [3.63, 3.8) is 0 Å². The third-order valence-electron chi connectivity index (χ3n) is 10.3. The van der Waals surface area contributed by atoms with E-state index in [2.05, 4.69) is 187 Å². The van der Waals surface area contributed by atoms with Crippen LogP contribution in [-0.4, -0.2) is 9.55 Å². The molecule has 1 aromatic heterocycles. The lowest BCUT2D eigenvalue weighted by molar-refractivity contribution is 0.278. The number of aromatic nitrogens is 2. The molecule has 0 bridgehead atoms. The van der Waals surface area contributed by atoms with Gasteiger partial charge in [-0.05, 0) is 124 Å². The SMILES string of the molecule is Cc1ccc(-c2ncc(C(C)(C)CC(C)(C)C)n2-c2c(C(C)C)cc(-c3ccccc3)cc2C(C)C)cc1-c1c(C)cc(C(C)(C)C)cc1C. The van der Waals surface area contributed by atoms with Crippen molar-refractivity contribution in [2.45, 2.75) is 133 Å². The summed E-state index contributed by atoms with van der Waals surface area (Å²) in [6.45, 7) is 34.9. The van der Waals surface area contributed by atoms with Gasteiger partial charge in [-0.25, -0.2) is 4.98 Å². The molecule has 2 nitrogen and oxygen atoms in total. The molecule has 0 aliphatic carbocycles. The second-order valence-corrected chi connectivity index (χ2v) is 18.4. The van der Waals surface area contributed by atoms with Crippen LogP contribution in [0.25, 0.3) is 39.3 Å². The van der Waals surface area contributed by atoms with Crippen molar-refractivity contribution in [1.29, 1.82) is 0 Å². The van der Waals surface area contributed by atoms with E-state index in [-0.39, 0.29) is 16.2 Å². The average molecular weight is 667 g/mol. The van der Waals surface area contributed by atoms with Gasteiger partial charge in [-0.2, -0.15) is 0 Å². The summed E-state index contributed by atoms with van der Waals surface area (Å²) in [6.07, 6.45) is 3.22. The van der Waals surface area contributed by atoms with Gasteiger partial charge in [0, 0.05) is 22.9 Å². The smallest absolute Gasteiger partial charge is 0.144 e. The van der Waals surface area contributed by atoms with E-state index in [1.165, 1.54) is 67.0 Å². The van der Waals surface area contributed by atoms with E-state index in [0.29, 0.717) is 11.8 Å². The summed E-state index contributed by atoms with van der Waals surface area (Å²) in [5, 5.41) is 0. The molecule has 0 atom stereocenters. The molecule has 4 aromatic carbocycles. The minimum Gasteiger partial charge on any atom is -0.296 e.